The van der Waals surface area contributed by atoms with Gasteiger partial charge in [0.2, 0.25) is 0 Å². The highest BCUT2D eigenvalue weighted by atomic mass is 19.1. The molecule has 0 spiro atoms. The zero-order chi connectivity index (χ0) is 10.8. The fourth-order valence-electron chi connectivity index (χ4n) is 1.45. The molecule has 2 aromatic rings. The Morgan fingerprint density at radius 3 is 3.00 bits per heavy atom. The van der Waals surface area contributed by atoms with Crippen molar-refractivity contribution >= 4 is 23.1 Å². The molecule has 2 rings (SSSR count). The number of hydrogen-bond acceptors (Lipinski definition) is 1. The largest absolute Gasteiger partial charge is 0.584 e. The number of halogens is 1. The Kier molecular flexibility index (Phi) is 2.21. The van der Waals surface area contributed by atoms with E-state index in [1.807, 2.05) is 0 Å². The zero-order valence-electron chi connectivity index (χ0n) is 7.71. The first-order valence-electron chi connectivity index (χ1n) is 4.28. The van der Waals surface area contributed by atoms with Crippen LogP contribution in [0.5, 0.6) is 0 Å². The lowest BCUT2D eigenvalue weighted by Gasteiger charge is -2.00. The van der Waals surface area contributed by atoms with Gasteiger partial charge in [-0.25, -0.2) is 4.39 Å². The van der Waals surface area contributed by atoms with Gasteiger partial charge in [0.15, 0.2) is 5.84 Å². The minimum Gasteiger partial charge on any atom is -0.584 e. The second-order valence-corrected chi connectivity index (χ2v) is 2.97. The zero-order valence-corrected chi connectivity index (χ0v) is 7.71. The topological polar surface area (TPSA) is 74.9 Å². The van der Waals surface area contributed by atoms with Gasteiger partial charge in [0.05, 0.1) is 5.52 Å². The van der Waals surface area contributed by atoms with Crippen LogP contribution in [-0.4, -0.2) is 22.3 Å². The van der Waals surface area contributed by atoms with E-state index in [2.05, 4.69) is 9.98 Å². The molecule has 0 saturated heterocycles. The molecule has 15 heavy (non-hydrogen) atoms. The number of aromatic amines is 1. The smallest absolute Gasteiger partial charge is 0.320 e. The van der Waals surface area contributed by atoms with Gasteiger partial charge in [-0.05, 0) is 18.2 Å². The van der Waals surface area contributed by atoms with E-state index < -0.39 is 0 Å². The molecular weight excluding hydrogens is 197 g/mol. The molecule has 76 valence electrons. The number of aromatic nitrogens is 1. The summed E-state index contributed by atoms with van der Waals surface area (Å²) in [5.41, 5.74) is 1.02. The van der Waals surface area contributed by atoms with Crippen LogP contribution in [-0.2, 0) is 0 Å². The summed E-state index contributed by atoms with van der Waals surface area (Å²) in [7, 11) is 0. The Morgan fingerprint density at radius 1 is 1.47 bits per heavy atom. The van der Waals surface area contributed by atoms with E-state index in [0.717, 1.165) is 6.40 Å². The Balaban J connectivity index is 2.67. The molecule has 0 radical (unpaired) electrons. The number of nitrogens with zero attached hydrogens (tertiary/aromatic N) is 1. The molecule has 0 aliphatic rings. The van der Waals surface area contributed by atoms with Crippen molar-refractivity contribution in [2.45, 2.75) is 0 Å². The molecule has 1 aromatic carbocycles. The number of H-pyrrole nitrogens is 1. The van der Waals surface area contributed by atoms with E-state index >= 15 is 0 Å². The first-order chi connectivity index (χ1) is 7.24. The van der Waals surface area contributed by atoms with Gasteiger partial charge in [0, 0.05) is 17.1 Å². The van der Waals surface area contributed by atoms with Crippen LogP contribution in [0.1, 0.15) is 5.56 Å². The van der Waals surface area contributed by atoms with E-state index in [4.69, 9.17) is 10.5 Å². The van der Waals surface area contributed by atoms with E-state index in [9.17, 15) is 4.39 Å². The number of nitrogens with one attached hydrogen (secondary N) is 2. The summed E-state index contributed by atoms with van der Waals surface area (Å²) in [6.45, 7) is 0. The van der Waals surface area contributed by atoms with Crippen molar-refractivity contribution in [2.24, 2.45) is 4.99 Å². The molecule has 0 saturated carbocycles. The van der Waals surface area contributed by atoms with Crippen LogP contribution < -0.4 is 0 Å². The van der Waals surface area contributed by atoms with E-state index in [1.165, 1.54) is 12.1 Å². The fourth-order valence-corrected chi connectivity index (χ4v) is 1.45. The highest BCUT2D eigenvalue weighted by Crippen LogP contribution is 2.20. The van der Waals surface area contributed by atoms with Gasteiger partial charge in [0.1, 0.15) is 5.82 Å². The first-order valence-corrected chi connectivity index (χ1v) is 4.28. The lowest BCUT2D eigenvalue weighted by atomic mass is 10.1. The van der Waals surface area contributed by atoms with Crippen molar-refractivity contribution in [1.29, 1.82) is 5.41 Å². The average molecular weight is 206 g/mol. The number of aliphatic imine (C=N–C) groups is 1. The van der Waals surface area contributed by atoms with Gasteiger partial charge in [-0.1, -0.05) is 0 Å². The van der Waals surface area contributed by atoms with Gasteiger partial charge >= 0.3 is 6.40 Å². The summed E-state index contributed by atoms with van der Waals surface area (Å²) in [5.74, 6) is -0.393. The van der Waals surface area contributed by atoms with E-state index in [1.54, 1.807) is 12.3 Å². The SMILES string of the molecule is N=C(N=C[OH2+])c1ccc(F)c2cc[nH]c12. The van der Waals surface area contributed by atoms with Crippen LogP contribution in [0.2, 0.25) is 0 Å². The number of amidine groups is 1. The average Bonchev–Trinajstić information content (AvgIpc) is 2.68. The normalized spacial score (nSPS) is 11.3. The van der Waals surface area contributed by atoms with Crippen LogP contribution in [0.4, 0.5) is 4.39 Å². The van der Waals surface area contributed by atoms with Crippen LogP contribution in [0.25, 0.3) is 10.9 Å². The molecule has 0 unspecified atom stereocenters. The molecule has 4 nitrogen and oxygen atoms in total. The van der Waals surface area contributed by atoms with Gasteiger partial charge in [0.25, 0.3) is 0 Å². The quantitative estimate of drug-likeness (QED) is 0.402. The van der Waals surface area contributed by atoms with Crippen molar-refractivity contribution < 1.29 is 9.50 Å². The van der Waals surface area contributed by atoms with Gasteiger partial charge in [-0.3, -0.25) is 5.41 Å². The third-order valence-electron chi connectivity index (χ3n) is 2.12. The summed E-state index contributed by atoms with van der Waals surface area (Å²) in [6, 6.07) is 4.37. The second-order valence-electron chi connectivity index (χ2n) is 2.97. The monoisotopic (exact) mass is 206 g/mol. The maximum atomic E-state index is 13.3. The third kappa shape index (κ3) is 1.48. The summed E-state index contributed by atoms with van der Waals surface area (Å²) < 4.78 is 13.3. The molecule has 4 N–H and O–H groups in total. The third-order valence-corrected chi connectivity index (χ3v) is 2.12. The summed E-state index contributed by atoms with van der Waals surface area (Å²) in [4.78, 5) is 6.39. The number of fused-ring (bicyclic) bond motifs is 1. The number of benzene rings is 1. The highest BCUT2D eigenvalue weighted by molar-refractivity contribution is 6.09. The van der Waals surface area contributed by atoms with Gasteiger partial charge in [-0.15, -0.1) is 0 Å². The molecule has 0 amide bonds. The fraction of sp³-hybridized carbons (Fsp3) is 0. The van der Waals surface area contributed by atoms with Crippen molar-refractivity contribution in [2.75, 3.05) is 0 Å². The number of hydrogen-bond donors (Lipinski definition) is 2. The maximum Gasteiger partial charge on any atom is 0.320 e. The lowest BCUT2D eigenvalue weighted by molar-refractivity contribution is 0.581. The number of rotatable bonds is 1. The summed E-state index contributed by atoms with van der Waals surface area (Å²) in [6.07, 6.45) is 2.40. The molecule has 1 heterocycles. The minimum absolute atomic E-state index is 0.0579. The Morgan fingerprint density at radius 2 is 2.27 bits per heavy atom. The first kappa shape index (κ1) is 9.39. The molecule has 0 atom stereocenters. The molecular formula is C10H9FN3O+. The van der Waals surface area contributed by atoms with Crippen LogP contribution in [0.15, 0.2) is 29.4 Å². The molecule has 0 aliphatic carbocycles. The van der Waals surface area contributed by atoms with Gasteiger partial charge in [-0.2, -0.15) is 4.99 Å². The van der Waals surface area contributed by atoms with Gasteiger partial charge < -0.3 is 10.1 Å². The summed E-state index contributed by atoms with van der Waals surface area (Å²) in [5, 5.41) is 14.8. The molecule has 0 bridgehead atoms. The van der Waals surface area contributed by atoms with Crippen molar-refractivity contribution in [3.63, 3.8) is 0 Å². The Labute approximate surface area is 84.6 Å². The standard InChI is InChI=1S/C10H8FN3O/c11-8-2-1-7(10(12)14-5-15)9-6(8)3-4-13-9/h1-5,13H,(H2,12,14,15)/p+1. The molecule has 5 heteroatoms. The highest BCUT2D eigenvalue weighted by Gasteiger charge is 2.09. The molecule has 0 aliphatic heterocycles. The Bertz CT molecular complexity index is 545. The van der Waals surface area contributed by atoms with Crippen LogP contribution in [0, 0.1) is 11.2 Å². The van der Waals surface area contributed by atoms with Crippen molar-refractivity contribution in [3.8, 4) is 0 Å². The van der Waals surface area contributed by atoms with E-state index in [0.29, 0.717) is 16.5 Å². The molecule has 1 aromatic heterocycles. The maximum absolute atomic E-state index is 13.3. The van der Waals surface area contributed by atoms with E-state index in [-0.39, 0.29) is 11.7 Å². The van der Waals surface area contributed by atoms with Crippen molar-refractivity contribution in [3.05, 3.63) is 35.8 Å². The van der Waals surface area contributed by atoms with Crippen LogP contribution >= 0.6 is 0 Å². The predicted molar refractivity (Wildman–Crippen MR) is 57.2 cm³/mol. The van der Waals surface area contributed by atoms with Crippen LogP contribution in [0.3, 0.4) is 0 Å². The molecule has 0 fully saturated rings. The minimum atomic E-state index is -0.336. The van der Waals surface area contributed by atoms with Crippen molar-refractivity contribution in [1.82, 2.24) is 4.98 Å². The lowest BCUT2D eigenvalue weighted by Crippen LogP contribution is -1.97. The summed E-state index contributed by atoms with van der Waals surface area (Å²) >= 11 is 0. The predicted octanol–water partition coefficient (Wildman–Crippen LogP) is 1.39. The Hall–Kier alpha value is -2.17. The second kappa shape index (κ2) is 3.53.